The molecule has 3 aliphatic heterocycles. The minimum absolute atomic E-state index is 0.279. The monoisotopic (exact) mass is 407 g/mol. The van der Waals surface area contributed by atoms with Crippen LogP contribution in [0.2, 0.25) is 5.02 Å². The van der Waals surface area contributed by atoms with Crippen LogP contribution in [0, 0.1) is 5.92 Å². The van der Waals surface area contributed by atoms with Gasteiger partial charge in [0.2, 0.25) is 0 Å². The second-order valence-electron chi connectivity index (χ2n) is 7.96. The van der Waals surface area contributed by atoms with E-state index in [1.807, 2.05) is 0 Å². The van der Waals surface area contributed by atoms with E-state index in [9.17, 15) is 13.2 Å². The Bertz CT molecular complexity index is 928. The second kappa shape index (κ2) is 6.56. The molecule has 0 spiro atoms. The standard InChI is InChI=1S/C21H21ClF3N3/c22-18-4-3-14(21(23,24)25)7-19(18)27-15-6-12-2-1-5-28-11-13-9-26-10-17(13)16(8-15)20(12)28/h3-4,6-8,13,17,26-27H,1-2,5,9-11H2/t13-,17+/m0/s1. The van der Waals surface area contributed by atoms with E-state index in [0.29, 0.717) is 11.8 Å². The molecule has 0 aromatic heterocycles. The van der Waals surface area contributed by atoms with Crippen molar-refractivity contribution in [2.24, 2.45) is 5.92 Å². The zero-order valence-electron chi connectivity index (χ0n) is 15.2. The first kappa shape index (κ1) is 18.1. The fourth-order valence-electron chi connectivity index (χ4n) is 4.93. The van der Waals surface area contributed by atoms with Crippen molar-refractivity contribution in [3.8, 4) is 0 Å². The molecule has 0 bridgehead atoms. The molecule has 3 nitrogen and oxygen atoms in total. The number of nitrogens with one attached hydrogen (secondary N) is 2. The molecule has 0 aliphatic carbocycles. The van der Waals surface area contributed by atoms with Crippen LogP contribution in [0.5, 0.6) is 0 Å². The van der Waals surface area contributed by atoms with E-state index >= 15 is 0 Å². The smallest absolute Gasteiger partial charge is 0.371 e. The van der Waals surface area contributed by atoms with Gasteiger partial charge >= 0.3 is 6.18 Å². The van der Waals surface area contributed by atoms with Gasteiger partial charge in [0, 0.05) is 43.5 Å². The van der Waals surface area contributed by atoms with E-state index in [4.69, 9.17) is 11.6 Å². The number of rotatable bonds is 2. The molecular weight excluding hydrogens is 387 g/mol. The molecule has 5 rings (SSSR count). The zero-order chi connectivity index (χ0) is 19.5. The third kappa shape index (κ3) is 3.03. The molecule has 1 fully saturated rings. The minimum Gasteiger partial charge on any atom is -0.371 e. The highest BCUT2D eigenvalue weighted by Gasteiger charge is 2.39. The van der Waals surface area contributed by atoms with Gasteiger partial charge in [-0.1, -0.05) is 11.6 Å². The van der Waals surface area contributed by atoms with E-state index in [1.165, 1.54) is 22.9 Å². The molecule has 3 heterocycles. The van der Waals surface area contributed by atoms with Crippen molar-refractivity contribution in [2.45, 2.75) is 24.9 Å². The quantitative estimate of drug-likeness (QED) is 0.719. The number of benzene rings is 2. The first-order valence-electron chi connectivity index (χ1n) is 9.66. The predicted molar refractivity (Wildman–Crippen MR) is 106 cm³/mol. The topological polar surface area (TPSA) is 27.3 Å². The maximum Gasteiger partial charge on any atom is 0.416 e. The lowest BCUT2D eigenvalue weighted by atomic mass is 9.80. The number of alkyl halides is 3. The van der Waals surface area contributed by atoms with Crippen molar-refractivity contribution in [3.63, 3.8) is 0 Å². The molecule has 1 saturated heterocycles. The van der Waals surface area contributed by atoms with Crippen LogP contribution in [0.4, 0.5) is 30.2 Å². The summed E-state index contributed by atoms with van der Waals surface area (Å²) in [7, 11) is 0. The Morgan fingerprint density at radius 3 is 2.82 bits per heavy atom. The minimum atomic E-state index is -4.40. The van der Waals surface area contributed by atoms with Crippen LogP contribution in [0.15, 0.2) is 30.3 Å². The zero-order valence-corrected chi connectivity index (χ0v) is 16.0. The number of hydrogen-bond acceptors (Lipinski definition) is 3. The van der Waals surface area contributed by atoms with E-state index in [-0.39, 0.29) is 10.7 Å². The molecule has 2 aromatic rings. The maximum atomic E-state index is 13.1. The number of anilines is 3. The van der Waals surface area contributed by atoms with Crippen LogP contribution < -0.4 is 15.5 Å². The Morgan fingerprint density at radius 2 is 2.00 bits per heavy atom. The predicted octanol–water partition coefficient (Wildman–Crippen LogP) is 5.17. The van der Waals surface area contributed by atoms with Gasteiger partial charge in [0.05, 0.1) is 16.3 Å². The summed E-state index contributed by atoms with van der Waals surface area (Å²) in [5, 5.41) is 6.94. The molecule has 7 heteroatoms. The highest BCUT2D eigenvalue weighted by atomic mass is 35.5. The van der Waals surface area contributed by atoms with Gasteiger partial charge in [-0.25, -0.2) is 0 Å². The van der Waals surface area contributed by atoms with Crippen molar-refractivity contribution in [1.82, 2.24) is 5.32 Å². The number of hydrogen-bond donors (Lipinski definition) is 2. The lowest BCUT2D eigenvalue weighted by molar-refractivity contribution is -0.137. The first-order valence-corrected chi connectivity index (χ1v) is 10.0. The largest absolute Gasteiger partial charge is 0.416 e. The normalized spacial score (nSPS) is 23.4. The molecule has 148 valence electrons. The maximum absolute atomic E-state index is 13.1. The van der Waals surface area contributed by atoms with Gasteiger partial charge in [-0.05, 0) is 60.2 Å². The average molecular weight is 408 g/mol. The fourth-order valence-corrected chi connectivity index (χ4v) is 5.09. The fraction of sp³-hybridized carbons (Fsp3) is 0.429. The number of halogens is 4. The SMILES string of the molecule is FC(F)(F)c1ccc(Cl)c(Nc2cc3c4c(c2)[C@@H]2CNC[C@H]2CN4CCC3)c1. The van der Waals surface area contributed by atoms with Crippen LogP contribution in [0.1, 0.15) is 29.0 Å². The molecule has 0 amide bonds. The van der Waals surface area contributed by atoms with Gasteiger partial charge in [0.1, 0.15) is 0 Å². The Labute approximate surface area is 166 Å². The lowest BCUT2D eigenvalue weighted by Gasteiger charge is -2.42. The molecule has 2 N–H and O–H groups in total. The summed E-state index contributed by atoms with van der Waals surface area (Å²) in [5.74, 6) is 1.05. The summed E-state index contributed by atoms with van der Waals surface area (Å²) in [6, 6.07) is 7.58. The Kier molecular flexibility index (Phi) is 4.25. The van der Waals surface area contributed by atoms with E-state index in [1.54, 1.807) is 0 Å². The molecular formula is C21H21ClF3N3. The Morgan fingerprint density at radius 1 is 1.14 bits per heavy atom. The molecule has 28 heavy (non-hydrogen) atoms. The third-order valence-corrected chi connectivity index (χ3v) is 6.51. The molecule has 0 radical (unpaired) electrons. The molecule has 0 saturated carbocycles. The molecule has 2 atom stereocenters. The van der Waals surface area contributed by atoms with Gasteiger partial charge in [-0.2, -0.15) is 13.2 Å². The summed E-state index contributed by atoms with van der Waals surface area (Å²) in [6.07, 6.45) is -2.30. The summed E-state index contributed by atoms with van der Waals surface area (Å²) in [5.41, 5.74) is 4.32. The molecule has 2 aromatic carbocycles. The van der Waals surface area contributed by atoms with Crippen molar-refractivity contribution >= 4 is 28.7 Å². The van der Waals surface area contributed by atoms with Gasteiger partial charge in [-0.15, -0.1) is 0 Å². The van der Waals surface area contributed by atoms with E-state index < -0.39 is 11.7 Å². The summed E-state index contributed by atoms with van der Waals surface area (Å²) in [6.45, 7) is 4.14. The highest BCUT2D eigenvalue weighted by Crippen LogP contribution is 2.46. The van der Waals surface area contributed by atoms with Crippen molar-refractivity contribution in [2.75, 3.05) is 36.4 Å². The average Bonchev–Trinajstić information content (AvgIpc) is 3.11. The number of aryl methyl sites for hydroxylation is 1. The van der Waals surface area contributed by atoms with Crippen LogP contribution in [0.25, 0.3) is 0 Å². The van der Waals surface area contributed by atoms with E-state index in [0.717, 1.165) is 56.8 Å². The highest BCUT2D eigenvalue weighted by molar-refractivity contribution is 6.33. The van der Waals surface area contributed by atoms with Gasteiger partial charge in [0.15, 0.2) is 0 Å². The number of fused-ring (bicyclic) bond motifs is 2. The van der Waals surface area contributed by atoms with Crippen molar-refractivity contribution < 1.29 is 13.2 Å². The molecule has 0 unspecified atom stereocenters. The number of nitrogens with zero attached hydrogens (tertiary/aromatic N) is 1. The van der Waals surface area contributed by atoms with Gasteiger partial charge < -0.3 is 15.5 Å². The Hall–Kier alpha value is -1.92. The Balaban J connectivity index is 1.55. The summed E-state index contributed by atoms with van der Waals surface area (Å²) in [4.78, 5) is 2.49. The van der Waals surface area contributed by atoms with Crippen LogP contribution in [0.3, 0.4) is 0 Å². The van der Waals surface area contributed by atoms with Crippen molar-refractivity contribution in [1.29, 1.82) is 0 Å². The van der Waals surface area contributed by atoms with Crippen LogP contribution >= 0.6 is 11.6 Å². The van der Waals surface area contributed by atoms with Crippen LogP contribution in [-0.2, 0) is 12.6 Å². The van der Waals surface area contributed by atoms with Crippen molar-refractivity contribution in [3.05, 3.63) is 52.0 Å². The van der Waals surface area contributed by atoms with Gasteiger partial charge in [-0.3, -0.25) is 0 Å². The van der Waals surface area contributed by atoms with Crippen LogP contribution in [-0.4, -0.2) is 26.2 Å². The van der Waals surface area contributed by atoms with E-state index in [2.05, 4.69) is 27.7 Å². The second-order valence-corrected chi connectivity index (χ2v) is 8.37. The molecule has 3 aliphatic rings. The summed E-state index contributed by atoms with van der Waals surface area (Å²) < 4.78 is 39.3. The lowest BCUT2D eigenvalue weighted by Crippen LogP contribution is -2.41. The van der Waals surface area contributed by atoms with Gasteiger partial charge in [0.25, 0.3) is 0 Å². The summed E-state index contributed by atoms with van der Waals surface area (Å²) >= 11 is 6.19. The first-order chi connectivity index (χ1) is 13.4. The third-order valence-electron chi connectivity index (χ3n) is 6.18.